The van der Waals surface area contributed by atoms with Crippen LogP contribution in [0.3, 0.4) is 0 Å². The predicted octanol–water partition coefficient (Wildman–Crippen LogP) is 5.21. The Morgan fingerprint density at radius 1 is 1.29 bits per heavy atom. The Morgan fingerprint density at radius 2 is 2.00 bits per heavy atom. The van der Waals surface area contributed by atoms with Crippen LogP contribution in [-0.2, 0) is 0 Å². The number of rotatable bonds is 2. The molecule has 90 valence electrons. The fourth-order valence-corrected chi connectivity index (χ4v) is 3.53. The standard InChI is InChI=1S/C12H9BrCl2OS/c1-6-7(3-2-4-9(6)13)11(16)8-5-10(14)17-12(8)15/h2-5,11,16H,1H3. The Hall–Kier alpha value is -0.0600. The van der Waals surface area contributed by atoms with Crippen LogP contribution in [0, 0.1) is 6.92 Å². The van der Waals surface area contributed by atoms with Crippen LogP contribution in [0.2, 0.25) is 8.67 Å². The molecule has 1 aromatic heterocycles. The lowest BCUT2D eigenvalue weighted by Crippen LogP contribution is -2.01. The molecule has 0 aliphatic carbocycles. The van der Waals surface area contributed by atoms with Gasteiger partial charge in [-0.1, -0.05) is 51.3 Å². The number of aliphatic hydroxyl groups excluding tert-OH is 1. The minimum absolute atomic E-state index is 0.530. The first kappa shape index (κ1) is 13.4. The Kier molecular flexibility index (Phi) is 4.16. The van der Waals surface area contributed by atoms with Crippen molar-refractivity contribution in [1.82, 2.24) is 0 Å². The van der Waals surface area contributed by atoms with Gasteiger partial charge in [0.2, 0.25) is 0 Å². The quantitative estimate of drug-likeness (QED) is 0.787. The van der Waals surface area contributed by atoms with E-state index in [2.05, 4.69) is 15.9 Å². The highest BCUT2D eigenvalue weighted by molar-refractivity contribution is 9.10. The highest BCUT2D eigenvalue weighted by atomic mass is 79.9. The van der Waals surface area contributed by atoms with Crippen LogP contribution < -0.4 is 0 Å². The molecule has 1 atom stereocenters. The second kappa shape index (κ2) is 5.29. The van der Waals surface area contributed by atoms with E-state index in [1.807, 2.05) is 25.1 Å². The van der Waals surface area contributed by atoms with Crippen molar-refractivity contribution >= 4 is 50.5 Å². The van der Waals surface area contributed by atoms with Crippen LogP contribution in [0.25, 0.3) is 0 Å². The zero-order chi connectivity index (χ0) is 12.6. The van der Waals surface area contributed by atoms with Gasteiger partial charge in [-0.2, -0.15) is 0 Å². The molecule has 0 radical (unpaired) electrons. The normalized spacial score (nSPS) is 12.8. The molecule has 0 fully saturated rings. The molecule has 0 spiro atoms. The fraction of sp³-hybridized carbons (Fsp3) is 0.167. The van der Waals surface area contributed by atoms with Crippen molar-refractivity contribution in [2.45, 2.75) is 13.0 Å². The van der Waals surface area contributed by atoms with Gasteiger partial charge in [0.15, 0.2) is 0 Å². The van der Waals surface area contributed by atoms with Crippen LogP contribution in [0.1, 0.15) is 22.8 Å². The smallest absolute Gasteiger partial charge is 0.107 e. The third-order valence-corrected chi connectivity index (χ3v) is 4.96. The van der Waals surface area contributed by atoms with E-state index in [1.165, 1.54) is 11.3 Å². The zero-order valence-corrected chi connectivity index (χ0v) is 12.8. The largest absolute Gasteiger partial charge is 0.384 e. The van der Waals surface area contributed by atoms with Gasteiger partial charge >= 0.3 is 0 Å². The Bertz CT molecular complexity index is 553. The third kappa shape index (κ3) is 2.69. The van der Waals surface area contributed by atoms with E-state index in [-0.39, 0.29) is 0 Å². The molecule has 1 unspecified atom stereocenters. The average Bonchev–Trinajstić information content (AvgIpc) is 2.61. The Labute approximate surface area is 122 Å². The molecule has 0 amide bonds. The molecule has 17 heavy (non-hydrogen) atoms. The molecule has 0 saturated carbocycles. The van der Waals surface area contributed by atoms with Crippen LogP contribution >= 0.6 is 50.5 Å². The van der Waals surface area contributed by atoms with E-state index >= 15 is 0 Å². The lowest BCUT2D eigenvalue weighted by atomic mass is 10.00. The summed E-state index contributed by atoms with van der Waals surface area (Å²) in [6, 6.07) is 7.41. The maximum absolute atomic E-state index is 10.3. The summed E-state index contributed by atoms with van der Waals surface area (Å²) < 4.78 is 2.07. The van der Waals surface area contributed by atoms with Crippen LogP contribution in [0.15, 0.2) is 28.7 Å². The van der Waals surface area contributed by atoms with Gasteiger partial charge in [0, 0.05) is 10.0 Å². The molecule has 1 aromatic carbocycles. The SMILES string of the molecule is Cc1c(Br)cccc1C(O)c1cc(Cl)sc1Cl. The third-order valence-electron chi connectivity index (χ3n) is 2.58. The Balaban J connectivity index is 2.47. The summed E-state index contributed by atoms with van der Waals surface area (Å²) in [7, 11) is 0. The Morgan fingerprint density at radius 3 is 2.59 bits per heavy atom. The first-order valence-corrected chi connectivity index (χ1v) is 7.25. The molecule has 1 nitrogen and oxygen atoms in total. The van der Waals surface area contributed by atoms with Crippen molar-refractivity contribution in [3.05, 3.63) is 54.1 Å². The zero-order valence-electron chi connectivity index (χ0n) is 8.88. The van der Waals surface area contributed by atoms with E-state index < -0.39 is 6.10 Å². The highest BCUT2D eigenvalue weighted by Crippen LogP contribution is 2.38. The van der Waals surface area contributed by atoms with Crippen molar-refractivity contribution in [2.24, 2.45) is 0 Å². The molecular weight excluding hydrogens is 343 g/mol. The summed E-state index contributed by atoms with van der Waals surface area (Å²) in [5.74, 6) is 0. The summed E-state index contributed by atoms with van der Waals surface area (Å²) in [6.07, 6.45) is -0.747. The second-order valence-electron chi connectivity index (χ2n) is 3.64. The topological polar surface area (TPSA) is 20.2 Å². The fourth-order valence-electron chi connectivity index (χ4n) is 1.63. The average molecular weight is 352 g/mol. The first-order valence-electron chi connectivity index (χ1n) is 4.88. The summed E-state index contributed by atoms with van der Waals surface area (Å²) >= 11 is 16.6. The van der Waals surface area contributed by atoms with Gasteiger partial charge < -0.3 is 5.11 Å². The molecule has 5 heteroatoms. The van der Waals surface area contributed by atoms with Gasteiger partial charge in [0.25, 0.3) is 0 Å². The molecule has 1 N–H and O–H groups in total. The first-order chi connectivity index (χ1) is 8.00. The highest BCUT2D eigenvalue weighted by Gasteiger charge is 2.19. The molecule has 0 aliphatic rings. The van der Waals surface area contributed by atoms with E-state index in [0.29, 0.717) is 14.2 Å². The van der Waals surface area contributed by atoms with Gasteiger partial charge in [-0.25, -0.2) is 0 Å². The van der Waals surface area contributed by atoms with E-state index in [0.717, 1.165) is 15.6 Å². The van der Waals surface area contributed by atoms with E-state index in [9.17, 15) is 5.11 Å². The van der Waals surface area contributed by atoms with Gasteiger partial charge in [0.1, 0.15) is 10.4 Å². The summed E-state index contributed by atoms with van der Waals surface area (Å²) in [5, 5.41) is 10.3. The number of thiophene rings is 1. The summed E-state index contributed by atoms with van der Waals surface area (Å²) in [6.45, 7) is 1.95. The van der Waals surface area contributed by atoms with Crippen molar-refractivity contribution < 1.29 is 5.11 Å². The molecule has 1 heterocycles. The number of hydrogen-bond acceptors (Lipinski definition) is 2. The lowest BCUT2D eigenvalue weighted by molar-refractivity contribution is 0.220. The van der Waals surface area contributed by atoms with E-state index in [1.54, 1.807) is 6.07 Å². The minimum Gasteiger partial charge on any atom is -0.384 e. The monoisotopic (exact) mass is 350 g/mol. The van der Waals surface area contributed by atoms with Crippen LogP contribution in [0.4, 0.5) is 0 Å². The molecule has 2 aromatic rings. The van der Waals surface area contributed by atoms with Gasteiger partial charge in [-0.3, -0.25) is 0 Å². The van der Waals surface area contributed by atoms with Crippen molar-refractivity contribution in [3.63, 3.8) is 0 Å². The molecular formula is C12H9BrCl2OS. The van der Waals surface area contributed by atoms with Crippen molar-refractivity contribution in [2.75, 3.05) is 0 Å². The molecule has 0 saturated heterocycles. The number of aliphatic hydroxyl groups is 1. The maximum atomic E-state index is 10.3. The molecule has 0 aliphatic heterocycles. The maximum Gasteiger partial charge on any atom is 0.107 e. The van der Waals surface area contributed by atoms with Crippen molar-refractivity contribution in [3.8, 4) is 0 Å². The predicted molar refractivity (Wildman–Crippen MR) is 77.3 cm³/mol. The minimum atomic E-state index is -0.747. The van der Waals surface area contributed by atoms with Gasteiger partial charge in [-0.15, -0.1) is 11.3 Å². The number of hydrogen-bond donors (Lipinski definition) is 1. The van der Waals surface area contributed by atoms with Gasteiger partial charge in [-0.05, 0) is 30.2 Å². The number of benzene rings is 1. The van der Waals surface area contributed by atoms with Gasteiger partial charge in [0.05, 0.1) is 4.34 Å². The van der Waals surface area contributed by atoms with E-state index in [4.69, 9.17) is 23.2 Å². The van der Waals surface area contributed by atoms with Crippen molar-refractivity contribution in [1.29, 1.82) is 0 Å². The molecule has 0 bridgehead atoms. The summed E-state index contributed by atoms with van der Waals surface area (Å²) in [5.41, 5.74) is 2.48. The summed E-state index contributed by atoms with van der Waals surface area (Å²) in [4.78, 5) is 0. The van der Waals surface area contributed by atoms with Crippen LogP contribution in [0.5, 0.6) is 0 Å². The lowest BCUT2D eigenvalue weighted by Gasteiger charge is -2.14. The second-order valence-corrected chi connectivity index (χ2v) is 6.78. The molecule has 2 rings (SSSR count). The number of halogens is 3. The van der Waals surface area contributed by atoms with Crippen LogP contribution in [-0.4, -0.2) is 5.11 Å².